The number of nitrogens with two attached hydrogens (primary N) is 1. The Kier molecular flexibility index (Phi) is 6.09. The van der Waals surface area contributed by atoms with E-state index in [-0.39, 0.29) is 12.1 Å². The molecule has 0 aromatic heterocycles. The van der Waals surface area contributed by atoms with Gasteiger partial charge in [0.1, 0.15) is 0 Å². The van der Waals surface area contributed by atoms with Crippen LogP contribution in [0, 0.1) is 5.41 Å². The van der Waals surface area contributed by atoms with Crippen LogP contribution in [-0.4, -0.2) is 29.8 Å². The highest BCUT2D eigenvalue weighted by molar-refractivity contribution is 4.95. The second-order valence-corrected chi connectivity index (χ2v) is 6.91. The predicted molar refractivity (Wildman–Crippen MR) is 77.6 cm³/mol. The minimum atomic E-state index is 0.128. The molecule has 3 nitrogen and oxygen atoms in total. The Hall–Kier alpha value is -0.120. The lowest BCUT2D eigenvalue weighted by molar-refractivity contribution is 0.229. The molecule has 2 unspecified atom stereocenters. The number of hydrogen-bond donors (Lipinski definition) is 3. The van der Waals surface area contributed by atoms with Gasteiger partial charge in [-0.15, -0.1) is 0 Å². The van der Waals surface area contributed by atoms with Crippen molar-refractivity contribution in [3.05, 3.63) is 0 Å². The number of rotatable bonds is 6. The van der Waals surface area contributed by atoms with Gasteiger partial charge in [0.25, 0.3) is 0 Å². The molecule has 1 aliphatic rings. The van der Waals surface area contributed by atoms with Crippen molar-refractivity contribution in [1.82, 2.24) is 5.32 Å². The third kappa shape index (κ3) is 4.87. The normalized spacial score (nSPS) is 29.8. The molecule has 0 aromatic rings. The van der Waals surface area contributed by atoms with E-state index in [1.54, 1.807) is 0 Å². The second kappa shape index (κ2) is 6.88. The highest BCUT2D eigenvalue weighted by Crippen LogP contribution is 2.38. The molecule has 1 fully saturated rings. The average molecular weight is 256 g/mol. The smallest absolute Gasteiger partial charge is 0.0431 e. The van der Waals surface area contributed by atoms with Crippen molar-refractivity contribution in [2.24, 2.45) is 11.1 Å². The molecule has 0 spiro atoms. The first kappa shape index (κ1) is 15.9. The molecule has 0 saturated heterocycles. The summed E-state index contributed by atoms with van der Waals surface area (Å²) in [4.78, 5) is 0. The Balaban J connectivity index is 2.56. The van der Waals surface area contributed by atoms with Gasteiger partial charge in [0.05, 0.1) is 0 Å². The zero-order valence-corrected chi connectivity index (χ0v) is 12.5. The molecule has 18 heavy (non-hydrogen) atoms. The summed E-state index contributed by atoms with van der Waals surface area (Å²) in [6.45, 7) is 7.97. The summed E-state index contributed by atoms with van der Waals surface area (Å²) in [6, 6.07) is 0.446. The molecule has 1 rings (SSSR count). The third-order valence-electron chi connectivity index (χ3n) is 4.53. The van der Waals surface area contributed by atoms with Crippen LogP contribution in [0.3, 0.4) is 0 Å². The van der Waals surface area contributed by atoms with Crippen LogP contribution in [0.4, 0.5) is 0 Å². The van der Waals surface area contributed by atoms with E-state index in [1.165, 1.54) is 32.1 Å². The van der Waals surface area contributed by atoms with E-state index in [2.05, 4.69) is 26.1 Å². The summed E-state index contributed by atoms with van der Waals surface area (Å²) >= 11 is 0. The predicted octanol–water partition coefficient (Wildman–Crippen LogP) is 2.42. The van der Waals surface area contributed by atoms with Gasteiger partial charge in [0, 0.05) is 24.7 Å². The van der Waals surface area contributed by atoms with Gasteiger partial charge in [-0.3, -0.25) is 0 Å². The van der Waals surface area contributed by atoms with Crippen LogP contribution < -0.4 is 11.1 Å². The summed E-state index contributed by atoms with van der Waals surface area (Å²) < 4.78 is 0. The van der Waals surface area contributed by atoms with E-state index in [0.29, 0.717) is 11.5 Å². The fraction of sp³-hybridized carbons (Fsp3) is 1.00. The molecule has 0 aromatic carbocycles. The molecule has 1 aliphatic carbocycles. The van der Waals surface area contributed by atoms with Crippen LogP contribution in [0.2, 0.25) is 0 Å². The van der Waals surface area contributed by atoms with Crippen LogP contribution in [0.5, 0.6) is 0 Å². The standard InChI is InChI=1S/C15H32N2O/c1-13(6-4-11-18)17-15(12-16)8-5-7-14(2,3)9-10-15/h13,17-18H,4-12,16H2,1-3H3. The van der Waals surface area contributed by atoms with E-state index in [4.69, 9.17) is 10.8 Å². The maximum absolute atomic E-state index is 8.90. The summed E-state index contributed by atoms with van der Waals surface area (Å²) in [7, 11) is 0. The lowest BCUT2D eigenvalue weighted by atomic mass is 9.83. The summed E-state index contributed by atoms with van der Waals surface area (Å²) in [6.07, 6.45) is 8.10. The minimum Gasteiger partial charge on any atom is -0.396 e. The van der Waals surface area contributed by atoms with Gasteiger partial charge in [-0.2, -0.15) is 0 Å². The number of aliphatic hydroxyl groups is 1. The molecule has 0 bridgehead atoms. The molecule has 0 radical (unpaired) electrons. The number of nitrogens with one attached hydrogen (secondary N) is 1. The van der Waals surface area contributed by atoms with E-state index in [1.807, 2.05) is 0 Å². The van der Waals surface area contributed by atoms with Crippen LogP contribution in [0.1, 0.15) is 65.7 Å². The Labute approximate surface area is 113 Å². The molecule has 3 heteroatoms. The van der Waals surface area contributed by atoms with Crippen molar-refractivity contribution >= 4 is 0 Å². The molecule has 0 aliphatic heterocycles. The first-order valence-corrected chi connectivity index (χ1v) is 7.52. The van der Waals surface area contributed by atoms with Gasteiger partial charge < -0.3 is 16.2 Å². The summed E-state index contributed by atoms with van der Waals surface area (Å²) in [5, 5.41) is 12.7. The maximum Gasteiger partial charge on any atom is 0.0431 e. The van der Waals surface area contributed by atoms with Crippen LogP contribution in [0.15, 0.2) is 0 Å². The zero-order chi connectivity index (χ0) is 13.6. The molecule has 108 valence electrons. The van der Waals surface area contributed by atoms with E-state index < -0.39 is 0 Å². The second-order valence-electron chi connectivity index (χ2n) is 6.91. The van der Waals surface area contributed by atoms with E-state index in [9.17, 15) is 0 Å². The van der Waals surface area contributed by atoms with Crippen LogP contribution in [0.25, 0.3) is 0 Å². The zero-order valence-electron chi connectivity index (χ0n) is 12.5. The summed E-state index contributed by atoms with van der Waals surface area (Å²) in [5.41, 5.74) is 6.65. The highest BCUT2D eigenvalue weighted by atomic mass is 16.2. The lowest BCUT2D eigenvalue weighted by Gasteiger charge is -2.36. The van der Waals surface area contributed by atoms with Gasteiger partial charge in [0.2, 0.25) is 0 Å². The van der Waals surface area contributed by atoms with Gasteiger partial charge >= 0.3 is 0 Å². The first-order chi connectivity index (χ1) is 8.43. The summed E-state index contributed by atoms with van der Waals surface area (Å²) in [5.74, 6) is 0. The Bertz CT molecular complexity index is 243. The molecular weight excluding hydrogens is 224 g/mol. The van der Waals surface area contributed by atoms with Crippen molar-refractivity contribution in [3.8, 4) is 0 Å². The fourth-order valence-electron chi connectivity index (χ4n) is 3.13. The third-order valence-corrected chi connectivity index (χ3v) is 4.53. The largest absolute Gasteiger partial charge is 0.396 e. The Morgan fingerprint density at radius 2 is 1.94 bits per heavy atom. The van der Waals surface area contributed by atoms with Crippen LogP contribution in [-0.2, 0) is 0 Å². The van der Waals surface area contributed by atoms with Gasteiger partial charge in [0.15, 0.2) is 0 Å². The van der Waals surface area contributed by atoms with Gasteiger partial charge in [-0.25, -0.2) is 0 Å². The molecule has 4 N–H and O–H groups in total. The maximum atomic E-state index is 8.90. The van der Waals surface area contributed by atoms with Gasteiger partial charge in [-0.05, 0) is 50.9 Å². The van der Waals surface area contributed by atoms with Crippen molar-refractivity contribution in [2.45, 2.75) is 77.3 Å². The monoisotopic (exact) mass is 256 g/mol. The highest BCUT2D eigenvalue weighted by Gasteiger charge is 2.35. The average Bonchev–Trinajstić information content (AvgIpc) is 2.47. The van der Waals surface area contributed by atoms with Gasteiger partial charge in [-0.1, -0.05) is 20.3 Å². The number of hydrogen-bond acceptors (Lipinski definition) is 3. The minimum absolute atomic E-state index is 0.128. The van der Waals surface area contributed by atoms with Crippen molar-refractivity contribution in [1.29, 1.82) is 0 Å². The van der Waals surface area contributed by atoms with E-state index >= 15 is 0 Å². The molecule has 0 amide bonds. The molecule has 0 heterocycles. The Morgan fingerprint density at radius 3 is 2.56 bits per heavy atom. The Morgan fingerprint density at radius 1 is 1.22 bits per heavy atom. The van der Waals surface area contributed by atoms with Crippen molar-refractivity contribution in [2.75, 3.05) is 13.2 Å². The van der Waals surface area contributed by atoms with Crippen LogP contribution >= 0.6 is 0 Å². The molecule has 2 atom stereocenters. The first-order valence-electron chi connectivity index (χ1n) is 7.52. The quantitative estimate of drug-likeness (QED) is 0.640. The SMILES string of the molecule is CC(CCCO)NC1(CN)CCCC(C)(C)CC1. The van der Waals surface area contributed by atoms with Crippen molar-refractivity contribution < 1.29 is 5.11 Å². The number of aliphatic hydroxyl groups excluding tert-OH is 1. The van der Waals surface area contributed by atoms with Crippen molar-refractivity contribution in [3.63, 3.8) is 0 Å². The lowest BCUT2D eigenvalue weighted by Crippen LogP contribution is -2.54. The topological polar surface area (TPSA) is 58.3 Å². The van der Waals surface area contributed by atoms with E-state index in [0.717, 1.165) is 19.4 Å². The fourth-order valence-corrected chi connectivity index (χ4v) is 3.13. The molecular formula is C15H32N2O. The molecule has 1 saturated carbocycles.